The van der Waals surface area contributed by atoms with Crippen molar-refractivity contribution >= 4 is 38.9 Å². The van der Waals surface area contributed by atoms with Crippen LogP contribution in [0.1, 0.15) is 19.5 Å². The number of nitrogens with one attached hydrogen (secondary N) is 1. The molecular formula is C23H26ClN5O3S. The lowest BCUT2D eigenvalue weighted by molar-refractivity contribution is -0.130. The van der Waals surface area contributed by atoms with Crippen molar-refractivity contribution in [3.05, 3.63) is 64.8 Å². The molecule has 0 bridgehead atoms. The van der Waals surface area contributed by atoms with Gasteiger partial charge in [-0.2, -0.15) is 0 Å². The minimum atomic E-state index is -3.67. The standard InChI is InChI=1S/C23H26ClN5O3S/c1-16(2)33(31,32)26-20-8-9-22-25-23(18-4-6-19(24)7-5-18)21(29(22)14-20)15-27-10-12-28(13-11-27)17(3)30/h4-9,14,26H,1,10-13,15H2,2-3H3. The number of benzene rings is 1. The number of imidazole rings is 1. The van der Waals surface area contributed by atoms with E-state index in [1.807, 2.05) is 33.6 Å². The number of nitrogens with zero attached hydrogens (tertiary/aromatic N) is 4. The van der Waals surface area contributed by atoms with Crippen LogP contribution in [0.2, 0.25) is 5.02 Å². The van der Waals surface area contributed by atoms with Crippen LogP contribution in [-0.4, -0.2) is 59.7 Å². The Kier molecular flexibility index (Phi) is 6.47. The van der Waals surface area contributed by atoms with Gasteiger partial charge in [0.15, 0.2) is 0 Å². The topological polar surface area (TPSA) is 87.0 Å². The van der Waals surface area contributed by atoms with Crippen LogP contribution < -0.4 is 4.72 Å². The van der Waals surface area contributed by atoms with Crippen LogP contribution in [0.15, 0.2) is 54.1 Å². The average molecular weight is 488 g/mol. The smallest absolute Gasteiger partial charge is 0.257 e. The third kappa shape index (κ3) is 5.05. The monoisotopic (exact) mass is 487 g/mol. The van der Waals surface area contributed by atoms with Gasteiger partial charge in [0.05, 0.1) is 22.0 Å². The zero-order valence-electron chi connectivity index (χ0n) is 18.6. The Morgan fingerprint density at radius 2 is 1.76 bits per heavy atom. The summed E-state index contributed by atoms with van der Waals surface area (Å²) in [6.07, 6.45) is 1.74. The molecule has 8 nitrogen and oxygen atoms in total. The van der Waals surface area contributed by atoms with Crippen molar-refractivity contribution in [3.8, 4) is 11.3 Å². The molecule has 33 heavy (non-hydrogen) atoms. The van der Waals surface area contributed by atoms with Crippen LogP contribution in [0.25, 0.3) is 16.9 Å². The summed E-state index contributed by atoms with van der Waals surface area (Å²) in [6.45, 7) is 10.0. The fraction of sp³-hybridized carbons (Fsp3) is 0.304. The van der Waals surface area contributed by atoms with Crippen LogP contribution in [0.3, 0.4) is 0 Å². The van der Waals surface area contributed by atoms with Gasteiger partial charge in [-0.25, -0.2) is 13.4 Å². The van der Waals surface area contributed by atoms with Crippen molar-refractivity contribution in [1.82, 2.24) is 19.2 Å². The fourth-order valence-corrected chi connectivity index (χ4v) is 4.55. The number of pyridine rings is 1. The highest BCUT2D eigenvalue weighted by Crippen LogP contribution is 2.28. The van der Waals surface area contributed by atoms with Crippen LogP contribution in [0.4, 0.5) is 5.69 Å². The number of hydrogen-bond donors (Lipinski definition) is 1. The number of anilines is 1. The fourth-order valence-electron chi connectivity index (χ4n) is 3.82. The average Bonchev–Trinajstić information content (AvgIpc) is 3.12. The lowest BCUT2D eigenvalue weighted by Gasteiger charge is -2.34. The Balaban J connectivity index is 1.74. The number of rotatable bonds is 6. The molecule has 1 fully saturated rings. The van der Waals surface area contributed by atoms with E-state index in [1.54, 1.807) is 25.3 Å². The lowest BCUT2D eigenvalue weighted by Crippen LogP contribution is -2.47. The van der Waals surface area contributed by atoms with E-state index in [-0.39, 0.29) is 10.8 Å². The first-order chi connectivity index (χ1) is 15.6. The Morgan fingerprint density at radius 1 is 1.09 bits per heavy atom. The highest BCUT2D eigenvalue weighted by atomic mass is 35.5. The van der Waals surface area contributed by atoms with Crippen molar-refractivity contribution in [2.75, 3.05) is 30.9 Å². The highest BCUT2D eigenvalue weighted by Gasteiger charge is 2.23. The van der Waals surface area contributed by atoms with Crippen LogP contribution in [-0.2, 0) is 21.4 Å². The summed E-state index contributed by atoms with van der Waals surface area (Å²) in [5, 5.41) is 0.640. The predicted octanol–water partition coefficient (Wildman–Crippen LogP) is 3.59. The van der Waals surface area contributed by atoms with Crippen LogP contribution in [0.5, 0.6) is 0 Å². The summed E-state index contributed by atoms with van der Waals surface area (Å²) in [4.78, 5) is 20.7. The van der Waals surface area contributed by atoms with E-state index in [0.29, 0.717) is 36.0 Å². The molecule has 1 aromatic carbocycles. The molecule has 1 aliphatic rings. The van der Waals surface area contributed by atoms with E-state index >= 15 is 0 Å². The van der Waals surface area contributed by atoms with E-state index in [2.05, 4.69) is 16.2 Å². The number of fused-ring (bicyclic) bond motifs is 1. The number of amides is 1. The van der Waals surface area contributed by atoms with Crippen molar-refractivity contribution in [2.45, 2.75) is 20.4 Å². The molecule has 10 heteroatoms. The summed E-state index contributed by atoms with van der Waals surface area (Å²) in [5.74, 6) is 0.0840. The Labute approximate surface area is 198 Å². The van der Waals surface area contributed by atoms with Gasteiger partial charge in [0, 0.05) is 56.4 Å². The minimum Gasteiger partial charge on any atom is -0.340 e. The zero-order chi connectivity index (χ0) is 23.8. The van der Waals surface area contributed by atoms with Crippen molar-refractivity contribution in [2.24, 2.45) is 0 Å². The maximum absolute atomic E-state index is 12.3. The molecule has 0 aliphatic carbocycles. The largest absolute Gasteiger partial charge is 0.340 e. The highest BCUT2D eigenvalue weighted by molar-refractivity contribution is 7.96. The summed E-state index contributed by atoms with van der Waals surface area (Å²) >= 11 is 6.08. The Hall–Kier alpha value is -2.88. The number of hydrogen-bond acceptors (Lipinski definition) is 5. The molecule has 4 rings (SSSR count). The molecule has 0 saturated carbocycles. The van der Waals surface area contributed by atoms with Gasteiger partial charge in [-0.15, -0.1) is 0 Å². The Morgan fingerprint density at radius 3 is 2.36 bits per heavy atom. The van der Waals surface area contributed by atoms with E-state index in [4.69, 9.17) is 16.6 Å². The van der Waals surface area contributed by atoms with E-state index < -0.39 is 10.0 Å². The zero-order valence-corrected chi connectivity index (χ0v) is 20.2. The second-order valence-corrected chi connectivity index (χ2v) is 10.5. The summed E-state index contributed by atoms with van der Waals surface area (Å²) in [6, 6.07) is 11.0. The van der Waals surface area contributed by atoms with E-state index in [1.165, 1.54) is 6.92 Å². The molecule has 3 aromatic rings. The lowest BCUT2D eigenvalue weighted by atomic mass is 10.1. The molecule has 1 aliphatic heterocycles. The summed E-state index contributed by atoms with van der Waals surface area (Å²) in [7, 11) is -3.67. The van der Waals surface area contributed by atoms with Crippen LogP contribution >= 0.6 is 11.6 Å². The molecular weight excluding hydrogens is 462 g/mol. The number of piperazine rings is 1. The van der Waals surface area contributed by atoms with Gasteiger partial charge in [0.2, 0.25) is 5.91 Å². The SMILES string of the molecule is C=C(C)S(=O)(=O)Nc1ccc2nc(-c3ccc(Cl)cc3)c(CN3CCN(C(C)=O)CC3)n2c1. The van der Waals surface area contributed by atoms with Gasteiger partial charge in [0.25, 0.3) is 10.0 Å². The third-order valence-corrected chi connectivity index (χ3v) is 7.41. The molecule has 2 aromatic heterocycles. The van der Waals surface area contributed by atoms with Gasteiger partial charge in [-0.3, -0.25) is 18.8 Å². The van der Waals surface area contributed by atoms with Gasteiger partial charge < -0.3 is 4.90 Å². The molecule has 1 amide bonds. The first kappa shape index (κ1) is 23.3. The van der Waals surface area contributed by atoms with E-state index in [9.17, 15) is 13.2 Å². The number of sulfonamides is 1. The second-order valence-electron chi connectivity index (χ2n) is 8.15. The molecule has 0 radical (unpaired) electrons. The van der Waals surface area contributed by atoms with Gasteiger partial charge >= 0.3 is 0 Å². The molecule has 0 spiro atoms. The van der Waals surface area contributed by atoms with Crippen molar-refractivity contribution < 1.29 is 13.2 Å². The van der Waals surface area contributed by atoms with Gasteiger partial charge in [0.1, 0.15) is 5.65 Å². The van der Waals surface area contributed by atoms with Crippen LogP contribution in [0, 0.1) is 0 Å². The number of carbonyl (C=O) groups excluding carboxylic acids is 1. The number of aromatic nitrogens is 2. The number of halogens is 1. The van der Waals surface area contributed by atoms with Gasteiger partial charge in [-0.05, 0) is 31.2 Å². The maximum atomic E-state index is 12.3. The van der Waals surface area contributed by atoms with Crippen molar-refractivity contribution in [3.63, 3.8) is 0 Å². The molecule has 3 heterocycles. The first-order valence-electron chi connectivity index (χ1n) is 10.6. The molecule has 0 unspecified atom stereocenters. The van der Waals surface area contributed by atoms with E-state index in [0.717, 1.165) is 30.0 Å². The third-order valence-electron chi connectivity index (χ3n) is 5.74. The normalized spacial score (nSPS) is 15.1. The summed E-state index contributed by atoms with van der Waals surface area (Å²) < 4.78 is 29.1. The summed E-state index contributed by atoms with van der Waals surface area (Å²) in [5.41, 5.74) is 3.79. The molecule has 1 saturated heterocycles. The predicted molar refractivity (Wildman–Crippen MR) is 131 cm³/mol. The number of carbonyl (C=O) groups is 1. The maximum Gasteiger partial charge on any atom is 0.257 e. The number of allylic oxidation sites excluding steroid dienone is 1. The molecule has 1 N–H and O–H groups in total. The molecule has 0 atom stereocenters. The first-order valence-corrected chi connectivity index (χ1v) is 12.4. The van der Waals surface area contributed by atoms with Crippen molar-refractivity contribution in [1.29, 1.82) is 0 Å². The quantitative estimate of drug-likeness (QED) is 0.574. The Bertz CT molecular complexity index is 1310. The molecule has 174 valence electrons. The minimum absolute atomic E-state index is 0.0404. The second kappa shape index (κ2) is 9.17. The van der Waals surface area contributed by atoms with Gasteiger partial charge in [-0.1, -0.05) is 30.3 Å².